The lowest BCUT2D eigenvalue weighted by atomic mass is 10.6. The van der Waals surface area contributed by atoms with Crippen LogP contribution in [0.5, 0.6) is 0 Å². The van der Waals surface area contributed by atoms with E-state index in [1.54, 1.807) is 0 Å². The van der Waals surface area contributed by atoms with Gasteiger partial charge in [-0.2, -0.15) is 0 Å². The minimum absolute atomic E-state index is 0.969. The monoisotopic (exact) mass is 185 g/mol. The van der Waals surface area contributed by atoms with Gasteiger partial charge in [0.15, 0.2) is 0 Å². The Balaban J connectivity index is 3.85. The molecular weight excluding hydrogens is 162 g/mol. The van der Waals surface area contributed by atoms with Crippen LogP contribution < -0.4 is 0 Å². The molecule has 0 aromatic carbocycles. The van der Waals surface area contributed by atoms with Gasteiger partial charge in [0.25, 0.3) is 0 Å². The largest absolute Gasteiger partial charge is 0.309 e. The van der Waals surface area contributed by atoms with E-state index < -0.39 is 8.07 Å². The summed E-state index contributed by atoms with van der Waals surface area (Å²) < 4.78 is 0. The standard InChI is InChI=1S/C10H23NSi/c1-6-8-9-12(4,5)10-11(3)7-2/h6,8H,7,9-10H2,1-5H3/b8-6+. The molecule has 0 aromatic rings. The van der Waals surface area contributed by atoms with Crippen molar-refractivity contribution in [2.75, 3.05) is 19.8 Å². The summed E-state index contributed by atoms with van der Waals surface area (Å²) in [6.07, 6.45) is 5.80. The molecule has 0 aliphatic carbocycles. The summed E-state index contributed by atoms with van der Waals surface area (Å²) >= 11 is 0. The quantitative estimate of drug-likeness (QED) is 0.470. The van der Waals surface area contributed by atoms with Crippen LogP contribution in [0.2, 0.25) is 19.1 Å². The smallest absolute Gasteiger partial charge is 0.0666 e. The van der Waals surface area contributed by atoms with E-state index in [1.165, 1.54) is 18.8 Å². The molecule has 0 spiro atoms. The molecule has 0 rings (SSSR count). The lowest BCUT2D eigenvalue weighted by Gasteiger charge is -2.26. The molecule has 0 atom stereocenters. The molecule has 0 aliphatic rings. The highest BCUT2D eigenvalue weighted by atomic mass is 28.3. The number of nitrogens with zero attached hydrogens (tertiary/aromatic N) is 1. The Morgan fingerprint density at radius 2 is 1.92 bits per heavy atom. The van der Waals surface area contributed by atoms with E-state index in [1.807, 2.05) is 0 Å². The fraction of sp³-hybridized carbons (Fsp3) is 0.800. The lowest BCUT2D eigenvalue weighted by molar-refractivity contribution is 0.404. The fourth-order valence-electron chi connectivity index (χ4n) is 1.34. The van der Waals surface area contributed by atoms with Gasteiger partial charge in [-0.3, -0.25) is 0 Å². The third-order valence-corrected chi connectivity index (χ3v) is 4.88. The van der Waals surface area contributed by atoms with E-state index in [-0.39, 0.29) is 0 Å². The lowest BCUT2D eigenvalue weighted by Crippen LogP contribution is -2.40. The van der Waals surface area contributed by atoms with Crippen LogP contribution in [0.25, 0.3) is 0 Å². The van der Waals surface area contributed by atoms with E-state index in [9.17, 15) is 0 Å². The highest BCUT2D eigenvalue weighted by Crippen LogP contribution is 2.11. The van der Waals surface area contributed by atoms with Gasteiger partial charge < -0.3 is 4.90 Å². The summed E-state index contributed by atoms with van der Waals surface area (Å²) in [5, 5.41) is 0. The molecular formula is C10H23NSi. The van der Waals surface area contributed by atoms with Gasteiger partial charge >= 0.3 is 0 Å². The van der Waals surface area contributed by atoms with Crippen LogP contribution in [0, 0.1) is 0 Å². The maximum atomic E-state index is 2.46. The molecule has 0 radical (unpaired) electrons. The van der Waals surface area contributed by atoms with Crippen molar-refractivity contribution in [1.29, 1.82) is 0 Å². The number of hydrogen-bond acceptors (Lipinski definition) is 1. The van der Waals surface area contributed by atoms with Gasteiger partial charge in [-0.25, -0.2) is 0 Å². The molecule has 72 valence electrons. The van der Waals surface area contributed by atoms with Crippen LogP contribution in [0.4, 0.5) is 0 Å². The Morgan fingerprint density at radius 3 is 2.33 bits per heavy atom. The molecule has 0 amide bonds. The molecule has 0 fully saturated rings. The molecule has 0 heterocycles. The second kappa shape index (κ2) is 5.54. The van der Waals surface area contributed by atoms with Crippen molar-refractivity contribution in [2.45, 2.75) is 33.0 Å². The van der Waals surface area contributed by atoms with Gasteiger partial charge in [-0.15, -0.1) is 0 Å². The summed E-state index contributed by atoms with van der Waals surface area (Å²) in [5.74, 6) is 0. The average Bonchev–Trinajstić information content (AvgIpc) is 2.00. The van der Waals surface area contributed by atoms with Crippen molar-refractivity contribution in [3.8, 4) is 0 Å². The molecule has 0 aliphatic heterocycles. The number of allylic oxidation sites excluding steroid dienone is 2. The second-order valence-electron chi connectivity index (χ2n) is 4.27. The van der Waals surface area contributed by atoms with Crippen molar-refractivity contribution in [3.05, 3.63) is 12.2 Å². The fourth-order valence-corrected chi connectivity index (χ4v) is 4.03. The zero-order chi connectivity index (χ0) is 9.61. The Hall–Kier alpha value is -0.0831. The van der Waals surface area contributed by atoms with E-state index in [4.69, 9.17) is 0 Å². The molecule has 0 aromatic heterocycles. The number of rotatable bonds is 5. The molecule has 0 bridgehead atoms. The highest BCUT2D eigenvalue weighted by Gasteiger charge is 2.19. The summed E-state index contributed by atoms with van der Waals surface area (Å²) in [4.78, 5) is 2.43. The van der Waals surface area contributed by atoms with E-state index in [0.29, 0.717) is 0 Å². The van der Waals surface area contributed by atoms with Crippen LogP contribution in [-0.4, -0.2) is 32.7 Å². The van der Waals surface area contributed by atoms with Crippen molar-refractivity contribution >= 4 is 8.07 Å². The van der Waals surface area contributed by atoms with Gasteiger partial charge in [0.05, 0.1) is 8.07 Å². The molecule has 1 nitrogen and oxygen atoms in total. The zero-order valence-corrected chi connectivity index (χ0v) is 10.2. The van der Waals surface area contributed by atoms with Crippen LogP contribution in [0.3, 0.4) is 0 Å². The Labute approximate surface area is 78.5 Å². The Kier molecular flexibility index (Phi) is 5.50. The highest BCUT2D eigenvalue weighted by molar-refractivity contribution is 6.77. The van der Waals surface area contributed by atoms with Crippen molar-refractivity contribution < 1.29 is 0 Å². The van der Waals surface area contributed by atoms with Crippen molar-refractivity contribution in [1.82, 2.24) is 4.90 Å². The van der Waals surface area contributed by atoms with Gasteiger partial charge in [0, 0.05) is 0 Å². The first-order valence-electron chi connectivity index (χ1n) is 4.81. The Morgan fingerprint density at radius 1 is 1.33 bits per heavy atom. The molecule has 0 unspecified atom stereocenters. The zero-order valence-electron chi connectivity index (χ0n) is 9.22. The predicted octanol–water partition coefficient (Wildman–Crippen LogP) is 2.76. The normalized spacial score (nSPS) is 13.2. The van der Waals surface area contributed by atoms with Crippen molar-refractivity contribution in [3.63, 3.8) is 0 Å². The summed E-state index contributed by atoms with van der Waals surface area (Å²) in [6.45, 7) is 10.4. The van der Waals surface area contributed by atoms with Crippen LogP contribution in [0.1, 0.15) is 13.8 Å². The van der Waals surface area contributed by atoms with Crippen LogP contribution in [0.15, 0.2) is 12.2 Å². The summed E-state index contributed by atoms with van der Waals surface area (Å²) in [5.41, 5.74) is 0. The maximum absolute atomic E-state index is 2.46. The maximum Gasteiger partial charge on any atom is 0.0666 e. The first kappa shape index (κ1) is 11.9. The van der Waals surface area contributed by atoms with E-state index in [0.717, 1.165) is 0 Å². The molecule has 0 saturated heterocycles. The first-order valence-corrected chi connectivity index (χ1v) is 8.23. The summed E-state index contributed by atoms with van der Waals surface area (Å²) in [7, 11) is 1.24. The minimum atomic E-state index is -0.969. The second-order valence-corrected chi connectivity index (χ2v) is 9.32. The predicted molar refractivity (Wildman–Crippen MR) is 60.3 cm³/mol. The summed E-state index contributed by atoms with van der Waals surface area (Å²) in [6, 6.07) is 1.31. The van der Waals surface area contributed by atoms with Gasteiger partial charge in [0.1, 0.15) is 0 Å². The molecule has 2 heteroatoms. The van der Waals surface area contributed by atoms with Gasteiger partial charge in [-0.05, 0) is 32.7 Å². The van der Waals surface area contributed by atoms with E-state index >= 15 is 0 Å². The van der Waals surface area contributed by atoms with Crippen LogP contribution in [-0.2, 0) is 0 Å². The third-order valence-electron chi connectivity index (χ3n) is 2.14. The average molecular weight is 185 g/mol. The van der Waals surface area contributed by atoms with E-state index in [2.05, 4.69) is 51.0 Å². The van der Waals surface area contributed by atoms with Crippen molar-refractivity contribution in [2.24, 2.45) is 0 Å². The minimum Gasteiger partial charge on any atom is -0.309 e. The molecule has 0 saturated carbocycles. The molecule has 12 heavy (non-hydrogen) atoms. The third kappa shape index (κ3) is 5.55. The first-order chi connectivity index (χ1) is 5.52. The topological polar surface area (TPSA) is 3.24 Å². The Bertz CT molecular complexity index is 141. The molecule has 0 N–H and O–H groups in total. The van der Waals surface area contributed by atoms with Crippen LogP contribution >= 0.6 is 0 Å². The van der Waals surface area contributed by atoms with Gasteiger partial charge in [-0.1, -0.05) is 32.2 Å². The SMILES string of the molecule is C/C=C/C[Si](C)(C)CN(C)CC. The van der Waals surface area contributed by atoms with Gasteiger partial charge in [0.2, 0.25) is 0 Å². The number of hydrogen-bond donors (Lipinski definition) is 0.